The summed E-state index contributed by atoms with van der Waals surface area (Å²) in [4.78, 5) is 11.1. The lowest BCUT2D eigenvalue weighted by atomic mass is 10.1. The number of halogens is 1. The Kier molecular flexibility index (Phi) is 3.86. The van der Waals surface area contributed by atoms with E-state index in [0.29, 0.717) is 10.6 Å². The number of hydrogen-bond donors (Lipinski definition) is 2. The molecular weight excluding hydrogens is 214 g/mol. The number of nitrogens with one attached hydrogen (secondary N) is 1. The second-order valence-corrected chi connectivity index (χ2v) is 3.13. The fraction of sp³-hybridized carbons (Fsp3) is 0. The number of hydrogen-bond acceptors (Lipinski definition) is 3. The molecule has 1 aromatic rings. The summed E-state index contributed by atoms with van der Waals surface area (Å²) < 4.78 is 0. The van der Waals surface area contributed by atoms with Crippen LogP contribution in [0.4, 0.5) is 0 Å². The van der Waals surface area contributed by atoms with Gasteiger partial charge < -0.3 is 0 Å². The van der Waals surface area contributed by atoms with Gasteiger partial charge in [-0.2, -0.15) is 5.26 Å². The van der Waals surface area contributed by atoms with E-state index < -0.39 is 5.91 Å². The van der Waals surface area contributed by atoms with Gasteiger partial charge in [0.1, 0.15) is 11.6 Å². The molecule has 76 valence electrons. The van der Waals surface area contributed by atoms with Crippen molar-refractivity contribution in [3.05, 3.63) is 40.4 Å². The third kappa shape index (κ3) is 3.09. The maximum absolute atomic E-state index is 11.1. The summed E-state index contributed by atoms with van der Waals surface area (Å²) in [6, 6.07) is 8.49. The topological polar surface area (TPSA) is 78.9 Å². The Bertz CT molecular complexity index is 431. The van der Waals surface area contributed by atoms with E-state index in [1.165, 1.54) is 6.08 Å². The van der Waals surface area contributed by atoms with Crippen LogP contribution in [0.25, 0.3) is 6.08 Å². The van der Waals surface area contributed by atoms with E-state index in [2.05, 4.69) is 0 Å². The van der Waals surface area contributed by atoms with E-state index in [4.69, 9.17) is 22.7 Å². The third-order valence-corrected chi connectivity index (χ3v) is 1.93. The Balaban J connectivity index is 3.00. The first-order valence-corrected chi connectivity index (χ1v) is 4.43. The van der Waals surface area contributed by atoms with E-state index in [9.17, 15) is 4.79 Å². The molecular formula is C10H8ClN3O. The van der Waals surface area contributed by atoms with Crippen LogP contribution in [0.5, 0.6) is 0 Å². The number of amides is 1. The molecule has 5 heteroatoms. The van der Waals surface area contributed by atoms with Gasteiger partial charge in [-0.3, -0.25) is 10.2 Å². The highest BCUT2D eigenvalue weighted by Crippen LogP contribution is 2.12. The molecule has 0 unspecified atom stereocenters. The molecule has 0 spiro atoms. The average Bonchev–Trinajstić information content (AvgIpc) is 2.27. The largest absolute Gasteiger partial charge is 0.290 e. The van der Waals surface area contributed by atoms with Crippen molar-refractivity contribution in [2.75, 3.05) is 0 Å². The molecule has 0 aliphatic heterocycles. The Labute approximate surface area is 91.9 Å². The quantitative estimate of drug-likeness (QED) is 0.259. The number of nitriles is 1. The normalized spacial score (nSPS) is 10.6. The van der Waals surface area contributed by atoms with Gasteiger partial charge in [-0.25, -0.2) is 5.84 Å². The second kappa shape index (κ2) is 5.15. The summed E-state index contributed by atoms with van der Waals surface area (Å²) in [6.07, 6.45) is 1.43. The Morgan fingerprint density at radius 2 is 2.07 bits per heavy atom. The van der Waals surface area contributed by atoms with Gasteiger partial charge in [0.05, 0.1) is 0 Å². The molecule has 0 aromatic heterocycles. The van der Waals surface area contributed by atoms with Gasteiger partial charge in [-0.1, -0.05) is 23.7 Å². The zero-order chi connectivity index (χ0) is 11.3. The van der Waals surface area contributed by atoms with Crippen molar-refractivity contribution in [2.24, 2.45) is 5.84 Å². The number of rotatable bonds is 2. The number of carbonyl (C=O) groups is 1. The highest BCUT2D eigenvalue weighted by molar-refractivity contribution is 6.30. The molecule has 0 heterocycles. The van der Waals surface area contributed by atoms with Gasteiger partial charge in [-0.15, -0.1) is 0 Å². The molecule has 0 saturated heterocycles. The van der Waals surface area contributed by atoms with Crippen molar-refractivity contribution >= 4 is 23.6 Å². The first kappa shape index (κ1) is 11.2. The number of nitrogens with zero attached hydrogens (tertiary/aromatic N) is 1. The lowest BCUT2D eigenvalue weighted by molar-refractivity contribution is -0.117. The molecule has 4 nitrogen and oxygen atoms in total. The van der Waals surface area contributed by atoms with Crippen molar-refractivity contribution in [1.29, 1.82) is 5.26 Å². The molecule has 0 radical (unpaired) electrons. The molecule has 1 aromatic carbocycles. The summed E-state index contributed by atoms with van der Waals surface area (Å²) >= 11 is 5.69. The zero-order valence-corrected chi connectivity index (χ0v) is 8.45. The molecule has 0 aliphatic carbocycles. The molecule has 0 fully saturated rings. The van der Waals surface area contributed by atoms with E-state index in [1.807, 2.05) is 5.43 Å². The summed E-state index contributed by atoms with van der Waals surface area (Å²) in [6.45, 7) is 0. The Hall–Kier alpha value is -1.83. The SMILES string of the molecule is N#C/C(=C\c1ccc(Cl)cc1)C(=O)NN. The fourth-order valence-corrected chi connectivity index (χ4v) is 1.08. The standard InChI is InChI=1S/C10H8ClN3O/c11-9-3-1-7(2-4-9)5-8(6-12)10(15)14-13/h1-5H,13H2,(H,14,15)/b8-5+. The van der Waals surface area contributed by atoms with Gasteiger partial charge in [0.2, 0.25) is 0 Å². The summed E-state index contributed by atoms with van der Waals surface area (Å²) in [5.74, 6) is 4.30. The molecule has 1 rings (SSSR count). The van der Waals surface area contributed by atoms with Crippen molar-refractivity contribution in [3.8, 4) is 6.07 Å². The van der Waals surface area contributed by atoms with Gasteiger partial charge in [0.15, 0.2) is 0 Å². The predicted molar refractivity (Wildman–Crippen MR) is 57.4 cm³/mol. The fourth-order valence-electron chi connectivity index (χ4n) is 0.952. The number of benzene rings is 1. The first-order chi connectivity index (χ1) is 7.17. The maximum atomic E-state index is 11.1. The van der Waals surface area contributed by atoms with Crippen LogP contribution in [0, 0.1) is 11.3 Å². The van der Waals surface area contributed by atoms with Crippen LogP contribution in [0.3, 0.4) is 0 Å². The lowest BCUT2D eigenvalue weighted by Crippen LogP contribution is -2.30. The molecule has 1 amide bonds. The van der Waals surface area contributed by atoms with Crippen molar-refractivity contribution < 1.29 is 4.79 Å². The van der Waals surface area contributed by atoms with E-state index in [-0.39, 0.29) is 5.57 Å². The van der Waals surface area contributed by atoms with Crippen LogP contribution in [0.15, 0.2) is 29.8 Å². The van der Waals surface area contributed by atoms with Crippen LogP contribution >= 0.6 is 11.6 Å². The Morgan fingerprint density at radius 1 is 1.47 bits per heavy atom. The molecule has 0 bridgehead atoms. The van der Waals surface area contributed by atoms with E-state index >= 15 is 0 Å². The van der Waals surface area contributed by atoms with Gasteiger partial charge in [-0.05, 0) is 23.8 Å². The van der Waals surface area contributed by atoms with Crippen LogP contribution in [0.1, 0.15) is 5.56 Å². The average molecular weight is 222 g/mol. The summed E-state index contributed by atoms with van der Waals surface area (Å²) in [5.41, 5.74) is 2.54. The highest BCUT2D eigenvalue weighted by atomic mass is 35.5. The lowest BCUT2D eigenvalue weighted by Gasteiger charge is -1.97. The van der Waals surface area contributed by atoms with Gasteiger partial charge in [0, 0.05) is 5.02 Å². The third-order valence-electron chi connectivity index (χ3n) is 1.68. The van der Waals surface area contributed by atoms with Crippen molar-refractivity contribution in [1.82, 2.24) is 5.43 Å². The minimum absolute atomic E-state index is 0.0557. The molecule has 15 heavy (non-hydrogen) atoms. The first-order valence-electron chi connectivity index (χ1n) is 4.05. The van der Waals surface area contributed by atoms with Crippen LogP contribution < -0.4 is 11.3 Å². The highest BCUT2D eigenvalue weighted by Gasteiger charge is 2.05. The molecule has 0 atom stereocenters. The van der Waals surface area contributed by atoms with E-state index in [0.717, 1.165) is 0 Å². The minimum Gasteiger partial charge on any atom is -0.290 e. The van der Waals surface area contributed by atoms with Gasteiger partial charge in [0.25, 0.3) is 5.91 Å². The van der Waals surface area contributed by atoms with Crippen LogP contribution in [-0.4, -0.2) is 5.91 Å². The van der Waals surface area contributed by atoms with Crippen LogP contribution in [0.2, 0.25) is 5.02 Å². The summed E-state index contributed by atoms with van der Waals surface area (Å²) in [5, 5.41) is 9.27. The molecule has 3 N–H and O–H groups in total. The monoisotopic (exact) mass is 221 g/mol. The van der Waals surface area contributed by atoms with Crippen molar-refractivity contribution in [2.45, 2.75) is 0 Å². The van der Waals surface area contributed by atoms with Crippen molar-refractivity contribution in [3.63, 3.8) is 0 Å². The summed E-state index contributed by atoms with van der Waals surface area (Å²) in [7, 11) is 0. The number of nitrogens with two attached hydrogens (primary N) is 1. The zero-order valence-electron chi connectivity index (χ0n) is 7.70. The smallest absolute Gasteiger partial charge is 0.275 e. The second-order valence-electron chi connectivity index (χ2n) is 2.69. The van der Waals surface area contributed by atoms with Crippen LogP contribution in [-0.2, 0) is 4.79 Å². The Morgan fingerprint density at radius 3 is 2.53 bits per heavy atom. The van der Waals surface area contributed by atoms with E-state index in [1.54, 1.807) is 30.3 Å². The minimum atomic E-state index is -0.618. The number of hydrazine groups is 1. The van der Waals surface area contributed by atoms with Gasteiger partial charge >= 0.3 is 0 Å². The molecule has 0 saturated carbocycles. The predicted octanol–water partition coefficient (Wildman–Crippen LogP) is 1.24. The number of carbonyl (C=O) groups excluding carboxylic acids is 1. The molecule has 0 aliphatic rings. The maximum Gasteiger partial charge on any atom is 0.275 e.